The molecule has 29 heavy (non-hydrogen) atoms. The Kier molecular flexibility index (Phi) is 7.30. The summed E-state index contributed by atoms with van der Waals surface area (Å²) in [6.07, 6.45) is 0. The van der Waals surface area contributed by atoms with Crippen LogP contribution in [-0.4, -0.2) is 41.6 Å². The summed E-state index contributed by atoms with van der Waals surface area (Å²) in [4.78, 5) is 20.0. The molecule has 0 aliphatic rings. The number of nitrogens with one attached hydrogen (secondary N) is 1. The smallest absolute Gasteiger partial charge is 0.252 e. The second-order valence-corrected chi connectivity index (χ2v) is 8.16. The minimum absolute atomic E-state index is 0.0335. The van der Waals surface area contributed by atoms with Crippen LogP contribution in [0.5, 0.6) is 0 Å². The lowest BCUT2D eigenvalue weighted by Crippen LogP contribution is -2.34. The molecule has 1 unspecified atom stereocenters. The van der Waals surface area contributed by atoms with Gasteiger partial charge in [-0.3, -0.25) is 4.79 Å². The van der Waals surface area contributed by atoms with Gasteiger partial charge in [0, 0.05) is 16.5 Å². The minimum atomic E-state index is -0.131. The van der Waals surface area contributed by atoms with E-state index in [1.54, 1.807) is 6.92 Å². The van der Waals surface area contributed by atoms with Gasteiger partial charge in [-0.25, -0.2) is 0 Å². The number of aromatic nitrogens is 2. The van der Waals surface area contributed by atoms with E-state index in [-0.39, 0.29) is 11.9 Å². The molecular weight excluding hydrogens is 408 g/mol. The highest BCUT2D eigenvalue weighted by Crippen LogP contribution is 2.27. The maximum absolute atomic E-state index is 12.9. The molecule has 0 fully saturated rings. The van der Waals surface area contributed by atoms with Gasteiger partial charge in [0.15, 0.2) is 5.82 Å². The fourth-order valence-corrected chi connectivity index (χ4v) is 4.07. The SMILES string of the molecule is Cc1noc(CSc2ccccc2C(=O)NCC(c2ccccc2Cl)N(C)C)n1. The first-order valence-electron chi connectivity index (χ1n) is 9.15. The van der Waals surface area contributed by atoms with E-state index in [1.165, 1.54) is 11.8 Å². The second-order valence-electron chi connectivity index (χ2n) is 6.73. The van der Waals surface area contributed by atoms with Crippen LogP contribution in [0, 0.1) is 6.92 Å². The molecule has 0 saturated carbocycles. The first kappa shape index (κ1) is 21.4. The molecule has 2 aromatic carbocycles. The Bertz CT molecular complexity index is 977. The quantitative estimate of drug-likeness (QED) is 0.535. The van der Waals surface area contributed by atoms with Gasteiger partial charge in [0.25, 0.3) is 5.91 Å². The van der Waals surface area contributed by atoms with Crippen LogP contribution < -0.4 is 5.32 Å². The number of benzene rings is 2. The van der Waals surface area contributed by atoms with Crippen LogP contribution in [0.15, 0.2) is 57.9 Å². The van der Waals surface area contributed by atoms with Crippen molar-refractivity contribution in [2.75, 3.05) is 20.6 Å². The van der Waals surface area contributed by atoms with Gasteiger partial charge in [-0.15, -0.1) is 11.8 Å². The fourth-order valence-electron chi connectivity index (χ4n) is 2.92. The molecule has 3 aromatic rings. The number of thioether (sulfide) groups is 1. The molecule has 0 aliphatic heterocycles. The minimum Gasteiger partial charge on any atom is -0.350 e. The topological polar surface area (TPSA) is 71.3 Å². The molecule has 1 atom stereocenters. The van der Waals surface area contributed by atoms with E-state index >= 15 is 0 Å². The average Bonchev–Trinajstić information content (AvgIpc) is 3.13. The normalized spacial score (nSPS) is 12.2. The van der Waals surface area contributed by atoms with Crippen LogP contribution in [-0.2, 0) is 5.75 Å². The highest BCUT2D eigenvalue weighted by atomic mass is 35.5. The molecular formula is C21H23ClN4O2S. The van der Waals surface area contributed by atoms with Crippen LogP contribution in [0.25, 0.3) is 0 Å². The Morgan fingerprint density at radius 3 is 2.62 bits per heavy atom. The number of halogens is 1. The third-order valence-corrected chi connectivity index (χ3v) is 5.80. The summed E-state index contributed by atoms with van der Waals surface area (Å²) in [6, 6.07) is 15.2. The Hall–Kier alpha value is -2.35. The van der Waals surface area contributed by atoms with Gasteiger partial charge >= 0.3 is 0 Å². The summed E-state index contributed by atoms with van der Waals surface area (Å²) < 4.78 is 5.15. The van der Waals surface area contributed by atoms with E-state index in [2.05, 4.69) is 15.5 Å². The number of aryl methyl sites for hydroxylation is 1. The fraction of sp³-hybridized carbons (Fsp3) is 0.286. The molecule has 1 heterocycles. The van der Waals surface area contributed by atoms with Gasteiger partial charge in [-0.05, 0) is 44.8 Å². The molecule has 8 heteroatoms. The Morgan fingerprint density at radius 2 is 1.93 bits per heavy atom. The molecule has 1 aromatic heterocycles. The van der Waals surface area contributed by atoms with Crippen LogP contribution >= 0.6 is 23.4 Å². The van der Waals surface area contributed by atoms with E-state index in [4.69, 9.17) is 16.1 Å². The highest BCUT2D eigenvalue weighted by molar-refractivity contribution is 7.98. The maximum atomic E-state index is 12.9. The molecule has 0 radical (unpaired) electrons. The molecule has 1 amide bonds. The molecule has 0 aliphatic carbocycles. The van der Waals surface area contributed by atoms with E-state index in [0.29, 0.717) is 34.6 Å². The van der Waals surface area contributed by atoms with E-state index < -0.39 is 0 Å². The van der Waals surface area contributed by atoms with Crippen molar-refractivity contribution < 1.29 is 9.32 Å². The van der Waals surface area contributed by atoms with Gasteiger partial charge in [-0.1, -0.05) is 47.1 Å². The second kappa shape index (κ2) is 9.91. The van der Waals surface area contributed by atoms with Crippen molar-refractivity contribution in [3.05, 3.63) is 76.4 Å². The summed E-state index contributed by atoms with van der Waals surface area (Å²) >= 11 is 7.85. The highest BCUT2D eigenvalue weighted by Gasteiger charge is 2.19. The predicted octanol–water partition coefficient (Wildman–Crippen LogP) is 4.36. The zero-order chi connectivity index (χ0) is 20.8. The first-order chi connectivity index (χ1) is 14.0. The first-order valence-corrected chi connectivity index (χ1v) is 10.5. The van der Waals surface area contributed by atoms with Crippen molar-refractivity contribution in [3.63, 3.8) is 0 Å². The molecule has 6 nitrogen and oxygen atoms in total. The lowest BCUT2D eigenvalue weighted by Gasteiger charge is -2.26. The number of nitrogens with zero attached hydrogens (tertiary/aromatic N) is 3. The van der Waals surface area contributed by atoms with Gasteiger partial charge < -0.3 is 14.7 Å². The Labute approximate surface area is 179 Å². The van der Waals surface area contributed by atoms with Crippen molar-refractivity contribution >= 4 is 29.3 Å². The number of amides is 1. The van der Waals surface area contributed by atoms with Crippen LogP contribution in [0.2, 0.25) is 5.02 Å². The lowest BCUT2D eigenvalue weighted by atomic mass is 10.1. The summed E-state index contributed by atoms with van der Waals surface area (Å²) in [5.41, 5.74) is 1.60. The molecule has 1 N–H and O–H groups in total. The number of rotatable bonds is 8. The largest absolute Gasteiger partial charge is 0.350 e. The lowest BCUT2D eigenvalue weighted by molar-refractivity contribution is 0.0939. The van der Waals surface area contributed by atoms with Crippen LogP contribution in [0.4, 0.5) is 0 Å². The van der Waals surface area contributed by atoms with Crippen molar-refractivity contribution in [2.24, 2.45) is 0 Å². The predicted molar refractivity (Wildman–Crippen MR) is 115 cm³/mol. The van der Waals surface area contributed by atoms with Gasteiger partial charge in [-0.2, -0.15) is 4.98 Å². The zero-order valence-electron chi connectivity index (χ0n) is 16.6. The third kappa shape index (κ3) is 5.59. The van der Waals surface area contributed by atoms with E-state index in [9.17, 15) is 4.79 Å². The van der Waals surface area contributed by atoms with E-state index in [1.807, 2.05) is 67.5 Å². The van der Waals surface area contributed by atoms with Crippen molar-refractivity contribution in [1.82, 2.24) is 20.4 Å². The molecule has 3 rings (SSSR count). The molecule has 0 bridgehead atoms. The van der Waals surface area contributed by atoms with Crippen molar-refractivity contribution in [1.29, 1.82) is 0 Å². The standard InChI is InChI=1S/C21H23ClN4O2S/c1-14-24-20(28-25-14)13-29-19-11-7-5-9-16(19)21(27)23-12-18(26(2)3)15-8-4-6-10-17(15)22/h4-11,18H,12-13H2,1-3H3,(H,23,27). The maximum Gasteiger partial charge on any atom is 0.252 e. The number of carbonyl (C=O) groups excluding carboxylic acids is 1. The van der Waals surface area contributed by atoms with Gasteiger partial charge in [0.2, 0.25) is 5.89 Å². The van der Waals surface area contributed by atoms with Crippen molar-refractivity contribution in [3.8, 4) is 0 Å². The van der Waals surface area contributed by atoms with E-state index in [0.717, 1.165) is 10.5 Å². The monoisotopic (exact) mass is 430 g/mol. The van der Waals surface area contributed by atoms with Gasteiger partial charge in [0.1, 0.15) is 0 Å². The van der Waals surface area contributed by atoms with Crippen LogP contribution in [0.3, 0.4) is 0 Å². The Morgan fingerprint density at radius 1 is 1.21 bits per heavy atom. The van der Waals surface area contributed by atoms with Crippen LogP contribution in [0.1, 0.15) is 33.7 Å². The summed E-state index contributed by atoms with van der Waals surface area (Å²) in [6.45, 7) is 2.22. The molecule has 0 spiro atoms. The van der Waals surface area contributed by atoms with Crippen molar-refractivity contribution in [2.45, 2.75) is 23.6 Å². The molecule has 152 valence electrons. The third-order valence-electron chi connectivity index (χ3n) is 4.40. The summed E-state index contributed by atoms with van der Waals surface area (Å²) in [5, 5.41) is 7.52. The number of hydrogen-bond acceptors (Lipinski definition) is 6. The average molecular weight is 431 g/mol. The summed E-state index contributed by atoms with van der Waals surface area (Å²) in [7, 11) is 3.94. The zero-order valence-corrected chi connectivity index (χ0v) is 18.1. The summed E-state index contributed by atoms with van der Waals surface area (Å²) in [5.74, 6) is 1.51. The van der Waals surface area contributed by atoms with Gasteiger partial charge in [0.05, 0.1) is 17.4 Å². The number of likely N-dealkylation sites (N-methyl/N-ethyl adjacent to an activating group) is 1. The number of hydrogen-bond donors (Lipinski definition) is 1. The Balaban J connectivity index is 1.69. The number of carbonyl (C=O) groups is 1. The molecule has 0 saturated heterocycles.